The highest BCUT2D eigenvalue weighted by atomic mass is 16.4. The largest absolute Gasteiger partial charge is 0.481 e. The Morgan fingerprint density at radius 1 is 1.27 bits per heavy atom. The fourth-order valence-corrected chi connectivity index (χ4v) is 1.31. The Hall–Kier alpha value is -1.26. The maximum atomic E-state index is 9.00. The van der Waals surface area contributed by atoms with Crippen LogP contribution in [0.2, 0.25) is 0 Å². The molecule has 5 nitrogen and oxygen atoms in total. The Morgan fingerprint density at radius 2 is 1.53 bits per heavy atom. The highest BCUT2D eigenvalue weighted by molar-refractivity contribution is 5.71. The Kier molecular flexibility index (Phi) is 11.7. The molecule has 0 aromatic carbocycles. The van der Waals surface area contributed by atoms with E-state index in [1.807, 2.05) is 0 Å². The molecule has 0 bridgehead atoms. The van der Waals surface area contributed by atoms with Gasteiger partial charge in [-0.05, 0) is 5.92 Å². The molecule has 0 unspecified atom stereocenters. The fourth-order valence-electron chi connectivity index (χ4n) is 1.31. The fraction of sp³-hybridized carbons (Fsp3) is 0.800. The molecule has 0 aromatic heterocycles. The lowest BCUT2D eigenvalue weighted by atomic mass is 9.91. The van der Waals surface area contributed by atoms with Crippen LogP contribution in [-0.4, -0.2) is 17.0 Å². The van der Waals surface area contributed by atoms with E-state index in [9.17, 15) is 0 Å². The zero-order valence-electron chi connectivity index (χ0n) is 9.62. The Bertz CT molecular complexity index is 158. The van der Waals surface area contributed by atoms with Crippen LogP contribution in [0.5, 0.6) is 0 Å². The first-order chi connectivity index (χ1) is 6.86. The van der Waals surface area contributed by atoms with Crippen molar-refractivity contribution in [1.82, 2.24) is 0 Å². The third kappa shape index (κ3) is 32.3. The standard InChI is InChI=1S/C7H14.C2H4O2.CH5N3/c1-7-5-3-2-4-6-7;1-2(3)4;2-1(3)4/h7H,2-6H2,1H3;1H3,(H,3,4);(H5,2,3,4). The summed E-state index contributed by atoms with van der Waals surface area (Å²) in [5, 5.41) is 13.5. The van der Waals surface area contributed by atoms with E-state index in [-0.39, 0.29) is 5.96 Å². The number of carboxylic acid groups (broad SMARTS) is 1. The minimum Gasteiger partial charge on any atom is -0.481 e. The molecule has 1 aliphatic rings. The molecule has 15 heavy (non-hydrogen) atoms. The SMILES string of the molecule is CC(=O)O.CC1CCCCC1.N=C(N)N. The van der Waals surface area contributed by atoms with Gasteiger partial charge in [0.1, 0.15) is 0 Å². The summed E-state index contributed by atoms with van der Waals surface area (Å²) >= 11 is 0. The summed E-state index contributed by atoms with van der Waals surface area (Å²) in [5.74, 6) is -0.131. The van der Waals surface area contributed by atoms with Crippen LogP contribution in [0.15, 0.2) is 0 Å². The van der Waals surface area contributed by atoms with Crippen LogP contribution >= 0.6 is 0 Å². The lowest BCUT2D eigenvalue weighted by Crippen LogP contribution is -2.20. The minimum atomic E-state index is -0.833. The van der Waals surface area contributed by atoms with Crippen molar-refractivity contribution in [3.63, 3.8) is 0 Å². The van der Waals surface area contributed by atoms with Crippen molar-refractivity contribution in [2.75, 3.05) is 0 Å². The summed E-state index contributed by atoms with van der Waals surface area (Å²) in [4.78, 5) is 9.00. The molecule has 0 heterocycles. The Labute approximate surface area is 91.4 Å². The number of hydrogen-bond donors (Lipinski definition) is 4. The third-order valence-corrected chi connectivity index (χ3v) is 1.89. The summed E-state index contributed by atoms with van der Waals surface area (Å²) in [6, 6.07) is 0. The first kappa shape index (κ1) is 16.2. The molecule has 1 saturated carbocycles. The molecule has 6 N–H and O–H groups in total. The Balaban J connectivity index is 0. The van der Waals surface area contributed by atoms with Gasteiger partial charge in [0, 0.05) is 6.92 Å². The first-order valence-electron chi connectivity index (χ1n) is 5.15. The van der Waals surface area contributed by atoms with Crippen LogP contribution in [0.4, 0.5) is 0 Å². The van der Waals surface area contributed by atoms with E-state index >= 15 is 0 Å². The quantitative estimate of drug-likeness (QED) is 0.364. The molecule has 0 aliphatic heterocycles. The number of rotatable bonds is 0. The average molecular weight is 217 g/mol. The van der Waals surface area contributed by atoms with Crippen molar-refractivity contribution in [2.24, 2.45) is 17.4 Å². The first-order valence-corrected chi connectivity index (χ1v) is 5.15. The number of carbonyl (C=O) groups is 1. The molecule has 5 heteroatoms. The molecule has 0 radical (unpaired) electrons. The molecular weight excluding hydrogens is 194 g/mol. The van der Waals surface area contributed by atoms with Gasteiger partial charge in [-0.25, -0.2) is 0 Å². The van der Waals surface area contributed by atoms with Gasteiger partial charge in [-0.15, -0.1) is 0 Å². The molecular formula is C10H23N3O2. The summed E-state index contributed by atoms with van der Waals surface area (Å²) in [5.41, 5.74) is 8.94. The van der Waals surface area contributed by atoms with E-state index in [0.717, 1.165) is 12.8 Å². The highest BCUT2D eigenvalue weighted by Gasteiger charge is 2.05. The molecule has 0 saturated heterocycles. The highest BCUT2D eigenvalue weighted by Crippen LogP contribution is 2.21. The zero-order valence-corrected chi connectivity index (χ0v) is 9.62. The van der Waals surface area contributed by atoms with Gasteiger partial charge < -0.3 is 16.6 Å². The maximum absolute atomic E-state index is 9.00. The summed E-state index contributed by atoms with van der Waals surface area (Å²) in [7, 11) is 0. The topological polar surface area (TPSA) is 113 Å². The van der Waals surface area contributed by atoms with Crippen LogP contribution in [0.3, 0.4) is 0 Å². The van der Waals surface area contributed by atoms with Crippen LogP contribution in [-0.2, 0) is 4.79 Å². The van der Waals surface area contributed by atoms with Gasteiger partial charge in [0.25, 0.3) is 5.97 Å². The Morgan fingerprint density at radius 3 is 1.67 bits per heavy atom. The number of carboxylic acids is 1. The molecule has 1 fully saturated rings. The van der Waals surface area contributed by atoms with Gasteiger partial charge in [0.05, 0.1) is 0 Å². The van der Waals surface area contributed by atoms with Crippen molar-refractivity contribution < 1.29 is 9.90 Å². The van der Waals surface area contributed by atoms with Crippen molar-refractivity contribution in [3.8, 4) is 0 Å². The number of hydrogen-bond acceptors (Lipinski definition) is 2. The van der Waals surface area contributed by atoms with E-state index in [1.54, 1.807) is 0 Å². The summed E-state index contributed by atoms with van der Waals surface area (Å²) < 4.78 is 0. The second-order valence-electron chi connectivity index (χ2n) is 3.72. The molecule has 0 amide bonds. The van der Waals surface area contributed by atoms with Crippen molar-refractivity contribution >= 4 is 11.9 Å². The van der Waals surface area contributed by atoms with Gasteiger partial charge in [-0.1, -0.05) is 39.0 Å². The van der Waals surface area contributed by atoms with Crippen LogP contribution < -0.4 is 11.5 Å². The van der Waals surface area contributed by atoms with E-state index in [2.05, 4.69) is 18.4 Å². The normalized spacial score (nSPS) is 15.1. The van der Waals surface area contributed by atoms with Gasteiger partial charge in [0.2, 0.25) is 0 Å². The average Bonchev–Trinajstić information content (AvgIpc) is 2.03. The number of nitrogens with one attached hydrogen (secondary N) is 1. The zero-order chi connectivity index (χ0) is 12.3. The molecule has 1 rings (SSSR count). The number of nitrogens with two attached hydrogens (primary N) is 2. The summed E-state index contributed by atoms with van der Waals surface area (Å²) in [6.45, 7) is 3.44. The third-order valence-electron chi connectivity index (χ3n) is 1.89. The van der Waals surface area contributed by atoms with Crippen LogP contribution in [0.25, 0.3) is 0 Å². The van der Waals surface area contributed by atoms with E-state index in [0.29, 0.717) is 0 Å². The smallest absolute Gasteiger partial charge is 0.300 e. The van der Waals surface area contributed by atoms with Gasteiger partial charge in [0.15, 0.2) is 5.96 Å². The second kappa shape index (κ2) is 10.8. The summed E-state index contributed by atoms with van der Waals surface area (Å²) in [6.07, 6.45) is 7.44. The monoisotopic (exact) mass is 217 g/mol. The number of aliphatic carboxylic acids is 1. The lowest BCUT2D eigenvalue weighted by Gasteiger charge is -2.15. The molecule has 90 valence electrons. The molecule has 0 atom stereocenters. The molecule has 1 aliphatic carbocycles. The van der Waals surface area contributed by atoms with E-state index in [4.69, 9.17) is 15.3 Å². The predicted octanol–water partition coefficient (Wildman–Crippen LogP) is 1.52. The van der Waals surface area contributed by atoms with Crippen LogP contribution in [0.1, 0.15) is 46.0 Å². The number of guanidine groups is 1. The van der Waals surface area contributed by atoms with Gasteiger partial charge in [-0.3, -0.25) is 10.2 Å². The van der Waals surface area contributed by atoms with Crippen molar-refractivity contribution in [2.45, 2.75) is 46.0 Å². The van der Waals surface area contributed by atoms with Gasteiger partial charge >= 0.3 is 0 Å². The maximum Gasteiger partial charge on any atom is 0.300 e. The van der Waals surface area contributed by atoms with E-state index in [1.165, 1.54) is 32.1 Å². The minimum absolute atomic E-state index is 0.333. The predicted molar refractivity (Wildman–Crippen MR) is 61.7 cm³/mol. The lowest BCUT2D eigenvalue weighted by molar-refractivity contribution is -0.134. The second-order valence-corrected chi connectivity index (χ2v) is 3.72. The van der Waals surface area contributed by atoms with E-state index < -0.39 is 5.97 Å². The van der Waals surface area contributed by atoms with Crippen molar-refractivity contribution in [1.29, 1.82) is 5.41 Å². The van der Waals surface area contributed by atoms with Crippen molar-refractivity contribution in [3.05, 3.63) is 0 Å². The molecule has 0 aromatic rings. The van der Waals surface area contributed by atoms with Gasteiger partial charge in [-0.2, -0.15) is 0 Å². The van der Waals surface area contributed by atoms with Crippen LogP contribution in [0, 0.1) is 11.3 Å². The molecule has 0 spiro atoms.